The Balaban J connectivity index is 0.00000180. The van der Waals surface area contributed by atoms with E-state index in [2.05, 4.69) is 10.6 Å². The van der Waals surface area contributed by atoms with Gasteiger partial charge in [-0.25, -0.2) is 0 Å². The quantitative estimate of drug-likeness (QED) is 0.818. The zero-order valence-corrected chi connectivity index (χ0v) is 12.9. The van der Waals surface area contributed by atoms with Crippen LogP contribution in [0, 0.1) is 5.92 Å². The van der Waals surface area contributed by atoms with Gasteiger partial charge in [0.25, 0.3) is 0 Å². The van der Waals surface area contributed by atoms with Gasteiger partial charge in [0.2, 0.25) is 5.91 Å². The Morgan fingerprint density at radius 3 is 2.74 bits per heavy atom. The highest BCUT2D eigenvalue weighted by molar-refractivity contribution is 6.35. The first-order chi connectivity index (χ1) is 8.63. The predicted molar refractivity (Wildman–Crippen MR) is 81.5 cm³/mol. The average molecular weight is 324 g/mol. The minimum absolute atomic E-state index is 0. The summed E-state index contributed by atoms with van der Waals surface area (Å²) < 4.78 is 0. The van der Waals surface area contributed by atoms with Crippen LogP contribution in [0.1, 0.15) is 17.9 Å². The van der Waals surface area contributed by atoms with Crippen LogP contribution in [0.4, 0.5) is 0 Å². The van der Waals surface area contributed by atoms with Gasteiger partial charge in [-0.2, -0.15) is 0 Å². The molecule has 2 atom stereocenters. The first kappa shape index (κ1) is 16.6. The molecule has 0 aliphatic heterocycles. The Kier molecular flexibility index (Phi) is 6.40. The number of amides is 1. The maximum atomic E-state index is 11.8. The Morgan fingerprint density at radius 2 is 2.11 bits per heavy atom. The summed E-state index contributed by atoms with van der Waals surface area (Å²) in [6, 6.07) is 5.46. The normalized spacial score (nSPS) is 20.6. The van der Waals surface area contributed by atoms with Crippen LogP contribution in [-0.2, 0) is 4.79 Å². The fourth-order valence-corrected chi connectivity index (χ4v) is 2.62. The number of hydrogen-bond acceptors (Lipinski definition) is 2. The minimum Gasteiger partial charge on any atom is -0.355 e. The van der Waals surface area contributed by atoms with Gasteiger partial charge in [-0.15, -0.1) is 12.4 Å². The Hall–Kier alpha value is -0.480. The first-order valence-corrected chi connectivity index (χ1v) is 6.76. The van der Waals surface area contributed by atoms with Gasteiger partial charge < -0.3 is 10.6 Å². The van der Waals surface area contributed by atoms with Gasteiger partial charge in [-0.05, 0) is 37.1 Å². The highest BCUT2D eigenvalue weighted by Crippen LogP contribution is 2.49. The molecule has 0 bridgehead atoms. The molecular formula is C13H17Cl3N2O. The van der Waals surface area contributed by atoms with E-state index in [4.69, 9.17) is 23.2 Å². The van der Waals surface area contributed by atoms with E-state index in [1.54, 1.807) is 6.07 Å². The van der Waals surface area contributed by atoms with Crippen molar-refractivity contribution in [2.24, 2.45) is 5.92 Å². The second kappa shape index (κ2) is 7.34. The van der Waals surface area contributed by atoms with E-state index >= 15 is 0 Å². The molecule has 2 unspecified atom stereocenters. The molecule has 1 aliphatic carbocycles. The molecule has 6 heteroatoms. The molecule has 2 rings (SSSR count). The lowest BCUT2D eigenvalue weighted by Crippen LogP contribution is -2.31. The first-order valence-electron chi connectivity index (χ1n) is 6.00. The number of carbonyl (C=O) groups is 1. The molecule has 3 nitrogen and oxygen atoms in total. The topological polar surface area (TPSA) is 41.1 Å². The smallest absolute Gasteiger partial charge is 0.223 e. The van der Waals surface area contributed by atoms with E-state index in [1.807, 2.05) is 19.2 Å². The SMILES string of the molecule is CNCCNC(=O)C1CC1c1ccc(Cl)cc1Cl.Cl. The van der Waals surface area contributed by atoms with E-state index in [0.29, 0.717) is 16.6 Å². The van der Waals surface area contributed by atoms with E-state index < -0.39 is 0 Å². The number of nitrogens with one attached hydrogen (secondary N) is 2. The van der Waals surface area contributed by atoms with Crippen molar-refractivity contribution < 1.29 is 4.79 Å². The molecule has 1 aromatic rings. The van der Waals surface area contributed by atoms with Crippen LogP contribution < -0.4 is 10.6 Å². The van der Waals surface area contributed by atoms with E-state index in [1.165, 1.54) is 0 Å². The number of halogens is 3. The Labute approximate surface area is 129 Å². The lowest BCUT2D eigenvalue weighted by atomic mass is 10.1. The van der Waals surface area contributed by atoms with Crippen molar-refractivity contribution >= 4 is 41.5 Å². The summed E-state index contributed by atoms with van der Waals surface area (Å²) in [5, 5.41) is 7.17. The molecule has 1 aliphatic rings. The van der Waals surface area contributed by atoms with Crippen molar-refractivity contribution in [3.63, 3.8) is 0 Å². The number of hydrogen-bond donors (Lipinski definition) is 2. The van der Waals surface area contributed by atoms with Crippen molar-refractivity contribution in [3.8, 4) is 0 Å². The van der Waals surface area contributed by atoms with Gasteiger partial charge in [0, 0.05) is 29.1 Å². The molecule has 0 spiro atoms. The standard InChI is InChI=1S/C13H16Cl2N2O.ClH/c1-16-4-5-17-13(18)11-7-10(11)9-3-2-8(14)6-12(9)15;/h2-3,6,10-11,16H,4-5,7H2,1H3,(H,17,18);1H. The highest BCUT2D eigenvalue weighted by atomic mass is 35.5. The van der Waals surface area contributed by atoms with Crippen LogP contribution in [0.2, 0.25) is 10.0 Å². The van der Waals surface area contributed by atoms with Crippen LogP contribution in [0.15, 0.2) is 18.2 Å². The molecule has 2 N–H and O–H groups in total. The number of benzene rings is 1. The summed E-state index contributed by atoms with van der Waals surface area (Å²) in [5.41, 5.74) is 1.02. The third kappa shape index (κ3) is 4.25. The van der Waals surface area contributed by atoms with Gasteiger partial charge >= 0.3 is 0 Å². The monoisotopic (exact) mass is 322 g/mol. The van der Waals surface area contributed by atoms with Crippen molar-refractivity contribution in [1.82, 2.24) is 10.6 Å². The minimum atomic E-state index is 0. The predicted octanol–water partition coefficient (Wildman–Crippen LogP) is 2.85. The van der Waals surface area contributed by atoms with E-state index in [9.17, 15) is 4.79 Å². The summed E-state index contributed by atoms with van der Waals surface area (Å²) in [6.07, 6.45) is 0.868. The molecule has 1 aromatic carbocycles. The van der Waals surface area contributed by atoms with E-state index in [-0.39, 0.29) is 30.2 Å². The average Bonchev–Trinajstić information content (AvgIpc) is 3.09. The maximum Gasteiger partial charge on any atom is 0.223 e. The lowest BCUT2D eigenvalue weighted by Gasteiger charge is -2.06. The molecule has 0 aromatic heterocycles. The largest absolute Gasteiger partial charge is 0.355 e. The Bertz CT molecular complexity index is 454. The summed E-state index contributed by atoms with van der Waals surface area (Å²) in [7, 11) is 1.86. The van der Waals surface area contributed by atoms with Crippen molar-refractivity contribution in [3.05, 3.63) is 33.8 Å². The molecule has 1 fully saturated rings. The van der Waals surface area contributed by atoms with E-state index in [0.717, 1.165) is 18.5 Å². The fraction of sp³-hybridized carbons (Fsp3) is 0.462. The number of rotatable bonds is 5. The van der Waals surface area contributed by atoms with Crippen LogP contribution in [-0.4, -0.2) is 26.0 Å². The Morgan fingerprint density at radius 1 is 1.37 bits per heavy atom. The van der Waals surface area contributed by atoms with Crippen LogP contribution in [0.5, 0.6) is 0 Å². The second-order valence-electron chi connectivity index (χ2n) is 4.51. The van der Waals surface area contributed by atoms with Gasteiger partial charge in [0.15, 0.2) is 0 Å². The van der Waals surface area contributed by atoms with Gasteiger partial charge in [0.05, 0.1) is 0 Å². The molecular weight excluding hydrogens is 307 g/mol. The lowest BCUT2D eigenvalue weighted by molar-refractivity contribution is -0.122. The van der Waals surface area contributed by atoms with Gasteiger partial charge in [-0.1, -0.05) is 29.3 Å². The van der Waals surface area contributed by atoms with Crippen LogP contribution in [0.3, 0.4) is 0 Å². The third-order valence-corrected chi connectivity index (χ3v) is 3.73. The number of carbonyl (C=O) groups excluding carboxylic acids is 1. The van der Waals surface area contributed by atoms with Crippen molar-refractivity contribution in [2.45, 2.75) is 12.3 Å². The molecule has 0 saturated heterocycles. The molecule has 1 saturated carbocycles. The molecule has 19 heavy (non-hydrogen) atoms. The van der Waals surface area contributed by atoms with Crippen LogP contribution in [0.25, 0.3) is 0 Å². The third-order valence-electron chi connectivity index (χ3n) is 3.16. The summed E-state index contributed by atoms with van der Waals surface area (Å²) in [5.74, 6) is 0.408. The van der Waals surface area contributed by atoms with Crippen LogP contribution >= 0.6 is 35.6 Å². The summed E-state index contributed by atoms with van der Waals surface area (Å²) in [6.45, 7) is 1.44. The number of likely N-dealkylation sites (N-methyl/N-ethyl adjacent to an activating group) is 1. The zero-order valence-electron chi connectivity index (χ0n) is 10.6. The van der Waals surface area contributed by atoms with Gasteiger partial charge in [0.1, 0.15) is 0 Å². The second-order valence-corrected chi connectivity index (χ2v) is 5.35. The fourth-order valence-electron chi connectivity index (χ4n) is 2.07. The molecule has 0 heterocycles. The van der Waals surface area contributed by atoms with Crippen molar-refractivity contribution in [2.75, 3.05) is 20.1 Å². The maximum absolute atomic E-state index is 11.8. The summed E-state index contributed by atoms with van der Waals surface area (Å²) in [4.78, 5) is 11.8. The zero-order chi connectivity index (χ0) is 13.1. The van der Waals surface area contributed by atoms with Crippen molar-refractivity contribution in [1.29, 1.82) is 0 Å². The molecule has 106 valence electrons. The summed E-state index contributed by atoms with van der Waals surface area (Å²) >= 11 is 12.0. The van der Waals surface area contributed by atoms with Gasteiger partial charge in [-0.3, -0.25) is 4.79 Å². The molecule has 0 radical (unpaired) electrons. The molecule has 1 amide bonds. The highest BCUT2D eigenvalue weighted by Gasteiger charge is 2.44.